The van der Waals surface area contributed by atoms with Gasteiger partial charge in [-0.2, -0.15) is 0 Å². The van der Waals surface area contributed by atoms with Crippen molar-refractivity contribution in [2.24, 2.45) is 7.05 Å². The van der Waals surface area contributed by atoms with Crippen molar-refractivity contribution in [1.29, 1.82) is 0 Å². The van der Waals surface area contributed by atoms with Crippen LogP contribution in [-0.2, 0) is 16.6 Å². The van der Waals surface area contributed by atoms with Crippen molar-refractivity contribution >= 4 is 22.8 Å². The van der Waals surface area contributed by atoms with E-state index >= 15 is 0 Å². The highest BCUT2D eigenvalue weighted by Crippen LogP contribution is 2.26. The number of benzene rings is 1. The number of hydrogen-bond acceptors (Lipinski definition) is 3. The van der Waals surface area contributed by atoms with Crippen LogP contribution in [0.3, 0.4) is 0 Å². The number of aromatic nitrogens is 2. The summed E-state index contributed by atoms with van der Waals surface area (Å²) in [7, 11) is 1.74. The molecule has 1 aliphatic rings. The number of aryl methyl sites for hydroxylation is 1. The highest BCUT2D eigenvalue weighted by Gasteiger charge is 2.26. The van der Waals surface area contributed by atoms with E-state index in [-0.39, 0.29) is 37.8 Å². The molecular formula is C17H23N3O3. The van der Waals surface area contributed by atoms with Gasteiger partial charge in [0, 0.05) is 27.4 Å². The first kappa shape index (κ1) is 15.5. The van der Waals surface area contributed by atoms with Crippen LogP contribution in [0.5, 0.6) is 0 Å². The SMILES string of the molecule is CC(C)c1ccc2c(c1)n(C)c(=O)n2C1CCC(=O)NC(=O)C1.[HH]. The highest BCUT2D eigenvalue weighted by atomic mass is 16.2. The minimum absolute atomic E-state index is 0. The lowest BCUT2D eigenvalue weighted by Gasteiger charge is -2.15. The number of imide groups is 1. The minimum Gasteiger partial charge on any atom is -0.296 e. The number of carbonyl (C=O) groups excluding carboxylic acids is 2. The van der Waals surface area contributed by atoms with Crippen molar-refractivity contribution in [3.05, 3.63) is 34.2 Å². The van der Waals surface area contributed by atoms with Crippen LogP contribution in [0.2, 0.25) is 0 Å². The van der Waals surface area contributed by atoms with E-state index in [1.165, 1.54) is 5.56 Å². The first-order chi connectivity index (χ1) is 10.9. The van der Waals surface area contributed by atoms with Gasteiger partial charge in [0.25, 0.3) is 0 Å². The molecule has 0 saturated carbocycles. The van der Waals surface area contributed by atoms with Gasteiger partial charge in [-0.05, 0) is 30.0 Å². The smallest absolute Gasteiger partial charge is 0.296 e. The number of carbonyl (C=O) groups is 2. The molecule has 0 aliphatic carbocycles. The molecule has 1 unspecified atom stereocenters. The molecule has 0 bridgehead atoms. The van der Waals surface area contributed by atoms with Gasteiger partial charge >= 0.3 is 5.69 Å². The maximum absolute atomic E-state index is 12.7. The molecule has 1 aliphatic heterocycles. The molecule has 124 valence electrons. The molecule has 1 saturated heterocycles. The highest BCUT2D eigenvalue weighted by molar-refractivity contribution is 5.96. The number of fused-ring (bicyclic) bond motifs is 1. The molecule has 6 nitrogen and oxygen atoms in total. The fraction of sp³-hybridized carbons (Fsp3) is 0.471. The van der Waals surface area contributed by atoms with Crippen molar-refractivity contribution in [2.45, 2.75) is 45.1 Å². The number of nitrogens with one attached hydrogen (secondary N) is 1. The summed E-state index contributed by atoms with van der Waals surface area (Å²) in [6, 6.07) is 5.70. The lowest BCUT2D eigenvalue weighted by atomic mass is 10.0. The Kier molecular flexibility index (Phi) is 3.83. The van der Waals surface area contributed by atoms with Gasteiger partial charge in [-0.1, -0.05) is 19.9 Å². The van der Waals surface area contributed by atoms with E-state index in [9.17, 15) is 14.4 Å². The zero-order chi connectivity index (χ0) is 16.7. The van der Waals surface area contributed by atoms with Gasteiger partial charge in [0.15, 0.2) is 0 Å². The first-order valence-electron chi connectivity index (χ1n) is 7.92. The largest absolute Gasteiger partial charge is 0.329 e. The number of amides is 2. The second kappa shape index (κ2) is 5.68. The second-order valence-corrected chi connectivity index (χ2v) is 6.48. The summed E-state index contributed by atoms with van der Waals surface area (Å²) in [6.45, 7) is 4.22. The van der Waals surface area contributed by atoms with Gasteiger partial charge in [0.05, 0.1) is 11.0 Å². The molecule has 1 aromatic heterocycles. The van der Waals surface area contributed by atoms with Crippen molar-refractivity contribution in [1.82, 2.24) is 14.5 Å². The number of imidazole rings is 1. The molecule has 1 atom stereocenters. The zero-order valence-corrected chi connectivity index (χ0v) is 13.6. The first-order valence-corrected chi connectivity index (χ1v) is 7.92. The lowest BCUT2D eigenvalue weighted by molar-refractivity contribution is -0.129. The average Bonchev–Trinajstić information content (AvgIpc) is 2.63. The summed E-state index contributed by atoms with van der Waals surface area (Å²) in [5, 5.41) is 2.34. The van der Waals surface area contributed by atoms with Gasteiger partial charge < -0.3 is 0 Å². The molecule has 0 spiro atoms. The van der Waals surface area contributed by atoms with Crippen molar-refractivity contribution < 1.29 is 11.0 Å². The minimum atomic E-state index is -0.319. The zero-order valence-electron chi connectivity index (χ0n) is 13.6. The van der Waals surface area contributed by atoms with Crippen LogP contribution in [-0.4, -0.2) is 20.9 Å². The van der Waals surface area contributed by atoms with Crippen LogP contribution in [0.25, 0.3) is 11.0 Å². The Balaban J connectivity index is 0.00000208. The van der Waals surface area contributed by atoms with Gasteiger partial charge in [-0.3, -0.25) is 24.0 Å². The fourth-order valence-electron chi connectivity index (χ4n) is 3.20. The molecule has 0 radical (unpaired) electrons. The molecule has 1 aromatic carbocycles. The summed E-state index contributed by atoms with van der Waals surface area (Å²) in [5.41, 5.74) is 2.69. The van der Waals surface area contributed by atoms with Crippen LogP contribution in [0, 0.1) is 0 Å². The molecule has 1 fully saturated rings. The van der Waals surface area contributed by atoms with Gasteiger partial charge in [-0.15, -0.1) is 0 Å². The van der Waals surface area contributed by atoms with Crippen LogP contribution in [0.15, 0.2) is 23.0 Å². The monoisotopic (exact) mass is 317 g/mol. The van der Waals surface area contributed by atoms with E-state index in [0.29, 0.717) is 12.3 Å². The van der Waals surface area contributed by atoms with Crippen LogP contribution < -0.4 is 11.0 Å². The summed E-state index contributed by atoms with van der Waals surface area (Å²) in [5.74, 6) is -0.216. The maximum atomic E-state index is 12.7. The third-order valence-electron chi connectivity index (χ3n) is 4.55. The Bertz CT molecular complexity index is 851. The van der Waals surface area contributed by atoms with E-state index in [1.54, 1.807) is 16.2 Å². The Morgan fingerprint density at radius 3 is 2.61 bits per heavy atom. The Labute approximate surface area is 135 Å². The fourth-order valence-corrected chi connectivity index (χ4v) is 3.20. The summed E-state index contributed by atoms with van der Waals surface area (Å²) in [6.07, 6.45) is 0.891. The molecule has 3 rings (SSSR count). The quantitative estimate of drug-likeness (QED) is 0.862. The summed E-state index contributed by atoms with van der Waals surface area (Å²) in [4.78, 5) is 36.0. The van der Waals surface area contributed by atoms with E-state index in [2.05, 4.69) is 19.2 Å². The number of rotatable bonds is 2. The lowest BCUT2D eigenvalue weighted by Crippen LogP contribution is -2.30. The molecule has 2 aromatic rings. The third-order valence-corrected chi connectivity index (χ3v) is 4.55. The Morgan fingerprint density at radius 1 is 1.17 bits per heavy atom. The molecule has 6 heteroatoms. The number of hydrogen-bond donors (Lipinski definition) is 1. The predicted molar refractivity (Wildman–Crippen MR) is 89.4 cm³/mol. The Morgan fingerprint density at radius 2 is 1.91 bits per heavy atom. The van der Waals surface area contributed by atoms with E-state index in [4.69, 9.17) is 0 Å². The average molecular weight is 317 g/mol. The summed E-state index contributed by atoms with van der Waals surface area (Å²) < 4.78 is 3.28. The van der Waals surface area contributed by atoms with Crippen LogP contribution in [0.1, 0.15) is 52.1 Å². The molecular weight excluding hydrogens is 294 g/mol. The van der Waals surface area contributed by atoms with Crippen LogP contribution >= 0.6 is 0 Å². The molecule has 1 N–H and O–H groups in total. The molecule has 2 heterocycles. The molecule has 23 heavy (non-hydrogen) atoms. The Hall–Kier alpha value is -2.37. The third kappa shape index (κ3) is 2.69. The maximum Gasteiger partial charge on any atom is 0.329 e. The van der Waals surface area contributed by atoms with E-state index < -0.39 is 0 Å². The van der Waals surface area contributed by atoms with Gasteiger partial charge in [-0.25, -0.2) is 4.79 Å². The van der Waals surface area contributed by atoms with Gasteiger partial charge in [0.2, 0.25) is 11.8 Å². The van der Waals surface area contributed by atoms with E-state index in [1.807, 2.05) is 18.2 Å². The van der Waals surface area contributed by atoms with Crippen LogP contribution in [0.4, 0.5) is 0 Å². The second-order valence-electron chi connectivity index (χ2n) is 6.48. The topological polar surface area (TPSA) is 73.1 Å². The summed E-state index contributed by atoms with van der Waals surface area (Å²) >= 11 is 0. The predicted octanol–water partition coefficient (Wildman–Crippen LogP) is 2.08. The number of nitrogens with zero attached hydrogens (tertiary/aromatic N) is 2. The molecule has 2 amide bonds. The standard InChI is InChI=1S/C17H21N3O3.H2/c1-10(2)11-4-6-13-14(8-11)19(3)17(23)20(13)12-5-7-15(21)18-16(22)9-12;/h4,6,8,10,12H,5,7,9H2,1-3H3,(H,18,21,22);1H. The van der Waals surface area contributed by atoms with Crippen molar-refractivity contribution in [2.75, 3.05) is 0 Å². The van der Waals surface area contributed by atoms with Crippen molar-refractivity contribution in [3.8, 4) is 0 Å². The van der Waals surface area contributed by atoms with Crippen molar-refractivity contribution in [3.63, 3.8) is 0 Å². The normalized spacial score (nSPS) is 19.2. The van der Waals surface area contributed by atoms with E-state index in [0.717, 1.165) is 11.0 Å². The van der Waals surface area contributed by atoms with Gasteiger partial charge in [0.1, 0.15) is 0 Å².